The molecule has 2 aromatic heterocycles. The van der Waals surface area contributed by atoms with E-state index in [-0.39, 0.29) is 6.04 Å². The van der Waals surface area contributed by atoms with Gasteiger partial charge in [0.15, 0.2) is 5.84 Å². The summed E-state index contributed by atoms with van der Waals surface area (Å²) < 4.78 is 0. The molecule has 3 rings (SSSR count). The molecule has 0 aromatic carbocycles. The number of aromatic nitrogens is 2. The maximum atomic E-state index is 4.64. The van der Waals surface area contributed by atoms with E-state index in [0.29, 0.717) is 5.84 Å². The predicted octanol–water partition coefficient (Wildman–Crippen LogP) is 2.50. The number of nitrogens with zero attached hydrogens (tertiary/aromatic N) is 4. The second-order valence-corrected chi connectivity index (χ2v) is 4.52. The summed E-state index contributed by atoms with van der Waals surface area (Å²) in [6.07, 6.45) is 6.20. The van der Waals surface area contributed by atoms with Crippen molar-refractivity contribution in [1.29, 1.82) is 0 Å². The third-order valence-corrected chi connectivity index (χ3v) is 2.96. The molecular formula is C15H14N4. The fourth-order valence-corrected chi connectivity index (χ4v) is 2.07. The lowest BCUT2D eigenvalue weighted by Gasteiger charge is -2.16. The smallest absolute Gasteiger partial charge is 0.174 e. The topological polar surface area (TPSA) is 50.5 Å². The first-order chi connectivity index (χ1) is 9.33. The molecule has 0 aliphatic carbocycles. The van der Waals surface area contributed by atoms with Gasteiger partial charge in [0.05, 0.1) is 11.8 Å². The van der Waals surface area contributed by atoms with E-state index in [9.17, 15) is 0 Å². The summed E-state index contributed by atoms with van der Waals surface area (Å²) in [7, 11) is 0. The van der Waals surface area contributed by atoms with Crippen LogP contribution in [0.25, 0.3) is 0 Å². The summed E-state index contributed by atoms with van der Waals surface area (Å²) >= 11 is 0. The monoisotopic (exact) mass is 250 g/mol. The van der Waals surface area contributed by atoms with Gasteiger partial charge in [-0.25, -0.2) is 4.99 Å². The molecule has 0 saturated heterocycles. The van der Waals surface area contributed by atoms with E-state index in [2.05, 4.69) is 26.9 Å². The number of rotatable bonds is 2. The third-order valence-electron chi connectivity index (χ3n) is 2.96. The van der Waals surface area contributed by atoms with Gasteiger partial charge in [0, 0.05) is 30.6 Å². The zero-order valence-corrected chi connectivity index (χ0v) is 10.7. The van der Waals surface area contributed by atoms with Crippen LogP contribution in [0, 0.1) is 0 Å². The average molecular weight is 250 g/mol. The molecule has 1 aliphatic rings. The Balaban J connectivity index is 2.00. The zero-order valence-electron chi connectivity index (χ0n) is 10.7. The zero-order chi connectivity index (χ0) is 13.1. The normalized spacial score (nSPS) is 18.7. The van der Waals surface area contributed by atoms with E-state index in [1.54, 1.807) is 12.4 Å². The molecule has 3 heterocycles. The third kappa shape index (κ3) is 2.57. The number of hydrogen-bond acceptors (Lipinski definition) is 4. The van der Waals surface area contributed by atoms with E-state index in [1.165, 1.54) is 0 Å². The maximum Gasteiger partial charge on any atom is 0.174 e. The molecule has 0 spiro atoms. The molecule has 1 atom stereocenters. The molecule has 94 valence electrons. The molecule has 1 unspecified atom stereocenters. The van der Waals surface area contributed by atoms with Gasteiger partial charge in [-0.05, 0) is 25.1 Å². The van der Waals surface area contributed by atoms with Crippen LogP contribution in [-0.2, 0) is 0 Å². The second-order valence-electron chi connectivity index (χ2n) is 4.52. The van der Waals surface area contributed by atoms with Crippen molar-refractivity contribution >= 4 is 11.5 Å². The predicted molar refractivity (Wildman–Crippen MR) is 75.6 cm³/mol. The van der Waals surface area contributed by atoms with Gasteiger partial charge >= 0.3 is 0 Å². The quantitative estimate of drug-likeness (QED) is 0.822. The van der Waals surface area contributed by atoms with Crippen molar-refractivity contribution in [2.24, 2.45) is 9.98 Å². The summed E-state index contributed by atoms with van der Waals surface area (Å²) in [5.74, 6) is 0.707. The molecule has 4 nitrogen and oxygen atoms in total. The molecule has 0 fully saturated rings. The molecule has 2 aromatic rings. The van der Waals surface area contributed by atoms with Gasteiger partial charge in [0.2, 0.25) is 0 Å². The van der Waals surface area contributed by atoms with Crippen LogP contribution < -0.4 is 0 Å². The van der Waals surface area contributed by atoms with Crippen LogP contribution in [0.2, 0.25) is 0 Å². The van der Waals surface area contributed by atoms with Crippen LogP contribution in [0.4, 0.5) is 0 Å². The number of amidine groups is 1. The lowest BCUT2D eigenvalue weighted by molar-refractivity contribution is 0.768. The van der Waals surface area contributed by atoms with Crippen LogP contribution >= 0.6 is 0 Å². The van der Waals surface area contributed by atoms with Gasteiger partial charge in [-0.2, -0.15) is 0 Å². The molecule has 4 heteroatoms. The van der Waals surface area contributed by atoms with Crippen molar-refractivity contribution in [2.75, 3.05) is 0 Å². The van der Waals surface area contributed by atoms with E-state index in [1.807, 2.05) is 36.5 Å². The Morgan fingerprint density at radius 1 is 1.11 bits per heavy atom. The lowest BCUT2D eigenvalue weighted by Crippen LogP contribution is -2.20. The lowest BCUT2D eigenvalue weighted by atomic mass is 10.0. The molecule has 0 amide bonds. The van der Waals surface area contributed by atoms with Gasteiger partial charge in [-0.15, -0.1) is 0 Å². The first-order valence-electron chi connectivity index (χ1n) is 6.30. The Labute approximate surface area is 112 Å². The van der Waals surface area contributed by atoms with Crippen LogP contribution in [0.3, 0.4) is 0 Å². The van der Waals surface area contributed by atoms with Crippen molar-refractivity contribution in [3.05, 3.63) is 60.2 Å². The minimum absolute atomic E-state index is 0.213. The minimum Gasteiger partial charge on any atom is -0.264 e. The SMILES string of the molecule is CC1CC(c2cccnc2)=NC(c2ccccn2)=N1. The average Bonchev–Trinajstić information content (AvgIpc) is 2.48. The highest BCUT2D eigenvalue weighted by molar-refractivity contribution is 6.13. The van der Waals surface area contributed by atoms with Crippen molar-refractivity contribution < 1.29 is 0 Å². The Kier molecular flexibility index (Phi) is 3.14. The number of hydrogen-bond donors (Lipinski definition) is 0. The van der Waals surface area contributed by atoms with E-state index >= 15 is 0 Å². The standard InChI is InChI=1S/C15H14N4/c1-11-9-14(12-5-4-7-16-10-12)19-15(18-11)13-6-2-3-8-17-13/h2-8,10-11H,9H2,1H3. The fraction of sp³-hybridized carbons (Fsp3) is 0.200. The van der Waals surface area contributed by atoms with E-state index in [4.69, 9.17) is 0 Å². The van der Waals surface area contributed by atoms with Gasteiger partial charge in [0.1, 0.15) is 5.69 Å². The first kappa shape index (κ1) is 11.7. The fourth-order valence-electron chi connectivity index (χ4n) is 2.07. The van der Waals surface area contributed by atoms with Gasteiger partial charge in [-0.1, -0.05) is 12.1 Å². The summed E-state index contributed by atoms with van der Waals surface area (Å²) in [4.78, 5) is 17.7. The van der Waals surface area contributed by atoms with Crippen LogP contribution in [0.5, 0.6) is 0 Å². The van der Waals surface area contributed by atoms with Crippen LogP contribution in [-0.4, -0.2) is 27.6 Å². The Morgan fingerprint density at radius 2 is 2.05 bits per heavy atom. The summed E-state index contributed by atoms with van der Waals surface area (Å²) in [5, 5.41) is 0. The van der Waals surface area contributed by atoms with Crippen LogP contribution in [0.1, 0.15) is 24.6 Å². The molecular weight excluding hydrogens is 236 g/mol. The molecule has 0 bridgehead atoms. The van der Waals surface area contributed by atoms with Crippen molar-refractivity contribution in [1.82, 2.24) is 9.97 Å². The highest BCUT2D eigenvalue weighted by Gasteiger charge is 2.17. The number of aliphatic imine (C=N–C) groups is 2. The van der Waals surface area contributed by atoms with Crippen molar-refractivity contribution in [3.8, 4) is 0 Å². The first-order valence-corrected chi connectivity index (χ1v) is 6.30. The molecule has 0 radical (unpaired) electrons. The number of pyridine rings is 2. The summed E-state index contributed by atoms with van der Waals surface area (Å²) in [5.41, 5.74) is 2.89. The van der Waals surface area contributed by atoms with Crippen molar-refractivity contribution in [3.63, 3.8) is 0 Å². The second kappa shape index (κ2) is 5.10. The Morgan fingerprint density at radius 3 is 2.79 bits per heavy atom. The molecule has 0 saturated carbocycles. The molecule has 1 aliphatic heterocycles. The minimum atomic E-state index is 0.213. The summed E-state index contributed by atoms with van der Waals surface area (Å²) in [6.45, 7) is 2.09. The van der Waals surface area contributed by atoms with Crippen molar-refractivity contribution in [2.45, 2.75) is 19.4 Å². The van der Waals surface area contributed by atoms with Gasteiger partial charge in [0.25, 0.3) is 0 Å². The summed E-state index contributed by atoms with van der Waals surface area (Å²) in [6, 6.07) is 9.94. The highest BCUT2D eigenvalue weighted by atomic mass is 15.0. The van der Waals surface area contributed by atoms with Crippen LogP contribution in [0.15, 0.2) is 58.9 Å². The Bertz CT molecular complexity index is 617. The highest BCUT2D eigenvalue weighted by Crippen LogP contribution is 2.15. The molecule has 0 N–H and O–H groups in total. The molecule has 19 heavy (non-hydrogen) atoms. The van der Waals surface area contributed by atoms with E-state index in [0.717, 1.165) is 23.4 Å². The Hall–Kier alpha value is -2.36. The maximum absolute atomic E-state index is 4.64. The van der Waals surface area contributed by atoms with E-state index < -0.39 is 0 Å². The van der Waals surface area contributed by atoms with Gasteiger partial charge < -0.3 is 0 Å². The largest absolute Gasteiger partial charge is 0.264 e. The van der Waals surface area contributed by atoms with Gasteiger partial charge in [-0.3, -0.25) is 15.0 Å².